The highest BCUT2D eigenvalue weighted by Crippen LogP contribution is 2.37. The average Bonchev–Trinajstić information content (AvgIpc) is 3.02. The van der Waals surface area contributed by atoms with Gasteiger partial charge in [-0.3, -0.25) is 10.2 Å². The molecule has 3 N–H and O–H groups in total. The van der Waals surface area contributed by atoms with Gasteiger partial charge in [0.05, 0.1) is 14.8 Å². The molecule has 1 aliphatic rings. The third-order valence-corrected chi connectivity index (χ3v) is 8.12. The molecule has 2 aromatic heterocycles. The predicted octanol–water partition coefficient (Wildman–Crippen LogP) is 3.76. The van der Waals surface area contributed by atoms with Crippen LogP contribution in [0.1, 0.15) is 47.1 Å². The number of carbonyl (C=O) groups excluding carboxylic acids is 1. The van der Waals surface area contributed by atoms with Crippen LogP contribution in [0.15, 0.2) is 24.3 Å². The predicted molar refractivity (Wildman–Crippen MR) is 112 cm³/mol. The van der Waals surface area contributed by atoms with Crippen molar-refractivity contribution < 1.29 is 9.35 Å². The van der Waals surface area contributed by atoms with Crippen LogP contribution in [-0.2, 0) is 17.6 Å². The molecule has 3 rings (SSSR count). The molecular weight excluding hydrogens is 404 g/mol. The lowest BCUT2D eigenvalue weighted by Gasteiger charge is -2.38. The number of aromatic nitrogens is 1. The van der Waals surface area contributed by atoms with Gasteiger partial charge >= 0.3 is 0 Å². The summed E-state index contributed by atoms with van der Waals surface area (Å²) in [5.41, 5.74) is 0.896. The van der Waals surface area contributed by atoms with Crippen LogP contribution in [0.25, 0.3) is 0 Å². The molecule has 3 heterocycles. The maximum absolute atomic E-state index is 12.6. The van der Waals surface area contributed by atoms with Gasteiger partial charge in [-0.05, 0) is 49.6 Å². The lowest BCUT2D eigenvalue weighted by atomic mass is 10.1. The molecule has 0 aromatic carbocycles. The van der Waals surface area contributed by atoms with Crippen LogP contribution in [0, 0.1) is 5.41 Å². The number of carbonyl (C=O) groups is 1. The molecule has 1 aliphatic heterocycles. The van der Waals surface area contributed by atoms with Crippen LogP contribution < -0.4 is 10.6 Å². The number of amidine groups is 1. The van der Waals surface area contributed by atoms with Gasteiger partial charge in [-0.2, -0.15) is 0 Å². The quantitative estimate of drug-likeness (QED) is 0.650. The van der Waals surface area contributed by atoms with E-state index in [0.717, 1.165) is 12.1 Å². The SMILES string of the molecule is CCc1cccc(NC(=O)c2cc(Cl)c(C3C[S+]([O-])C(C)(C)C(=N)N3)s2)n1. The first-order chi connectivity index (χ1) is 12.7. The number of aryl methyl sites for hydroxylation is 1. The molecule has 1 amide bonds. The van der Waals surface area contributed by atoms with E-state index < -0.39 is 15.9 Å². The molecule has 1 fully saturated rings. The van der Waals surface area contributed by atoms with E-state index >= 15 is 0 Å². The molecule has 6 nitrogen and oxygen atoms in total. The Morgan fingerprint density at radius 3 is 2.96 bits per heavy atom. The molecule has 2 atom stereocenters. The Morgan fingerprint density at radius 1 is 1.56 bits per heavy atom. The summed E-state index contributed by atoms with van der Waals surface area (Å²) >= 11 is 6.38. The van der Waals surface area contributed by atoms with Crippen LogP contribution in [0.3, 0.4) is 0 Å². The van der Waals surface area contributed by atoms with Gasteiger partial charge in [-0.15, -0.1) is 11.3 Å². The van der Waals surface area contributed by atoms with Gasteiger partial charge in [0.25, 0.3) is 5.91 Å². The van der Waals surface area contributed by atoms with E-state index in [1.54, 1.807) is 26.0 Å². The molecule has 0 radical (unpaired) electrons. The number of thiophene rings is 1. The molecule has 0 saturated carbocycles. The van der Waals surface area contributed by atoms with E-state index in [1.165, 1.54) is 11.3 Å². The third-order valence-electron chi connectivity index (χ3n) is 4.47. The van der Waals surface area contributed by atoms with Gasteiger partial charge in [0, 0.05) is 5.69 Å². The number of nitrogens with one attached hydrogen (secondary N) is 3. The lowest BCUT2D eigenvalue weighted by Crippen LogP contribution is -2.56. The Bertz CT molecular complexity index is 884. The largest absolute Gasteiger partial charge is 0.616 e. The van der Waals surface area contributed by atoms with Crippen LogP contribution in [0.5, 0.6) is 0 Å². The summed E-state index contributed by atoms with van der Waals surface area (Å²) in [6, 6.07) is 6.76. The summed E-state index contributed by atoms with van der Waals surface area (Å²) < 4.78 is 11.8. The fraction of sp³-hybridized carbons (Fsp3) is 0.389. The van der Waals surface area contributed by atoms with Gasteiger partial charge < -0.3 is 15.2 Å². The molecule has 27 heavy (non-hydrogen) atoms. The van der Waals surface area contributed by atoms with E-state index in [9.17, 15) is 9.35 Å². The highest BCUT2D eigenvalue weighted by molar-refractivity contribution is 7.93. The van der Waals surface area contributed by atoms with Crippen molar-refractivity contribution in [2.24, 2.45) is 0 Å². The number of anilines is 1. The van der Waals surface area contributed by atoms with Crippen molar-refractivity contribution in [1.82, 2.24) is 10.3 Å². The zero-order valence-corrected chi connectivity index (χ0v) is 17.6. The number of halogens is 1. The van der Waals surface area contributed by atoms with Crippen molar-refractivity contribution in [2.75, 3.05) is 11.1 Å². The fourth-order valence-corrected chi connectivity index (χ4v) is 5.44. The van der Waals surface area contributed by atoms with Crippen molar-refractivity contribution in [3.05, 3.63) is 44.7 Å². The maximum Gasteiger partial charge on any atom is 0.266 e. The highest BCUT2D eigenvalue weighted by atomic mass is 35.5. The standard InChI is InChI=1S/C18H21ClN4O2S2/c1-4-10-6-5-7-14(21-10)23-16(24)13-8-11(19)15(26-13)12-9-27(25)18(2,3)17(20)22-12/h5-8,12H,4,9H2,1-3H3,(H2,20,22)(H,21,23,24). The molecule has 9 heteroatoms. The Hall–Kier alpha value is -1.61. The summed E-state index contributed by atoms with van der Waals surface area (Å²) in [7, 11) is 0. The van der Waals surface area contributed by atoms with E-state index in [0.29, 0.717) is 26.3 Å². The monoisotopic (exact) mass is 424 g/mol. The lowest BCUT2D eigenvalue weighted by molar-refractivity contribution is 0.103. The number of rotatable bonds is 4. The van der Waals surface area contributed by atoms with Gasteiger partial charge in [0.2, 0.25) is 0 Å². The number of hydrogen-bond acceptors (Lipinski definition) is 5. The molecule has 2 unspecified atom stereocenters. The van der Waals surface area contributed by atoms with Crippen molar-refractivity contribution in [2.45, 2.75) is 38.0 Å². The van der Waals surface area contributed by atoms with E-state index in [4.69, 9.17) is 17.0 Å². The number of amides is 1. The minimum absolute atomic E-state index is 0.216. The van der Waals surface area contributed by atoms with Crippen LogP contribution in [-0.4, -0.2) is 31.8 Å². The second-order valence-corrected chi connectivity index (χ2v) is 10.3. The van der Waals surface area contributed by atoms with E-state index in [1.807, 2.05) is 19.1 Å². The van der Waals surface area contributed by atoms with Gasteiger partial charge in [0.15, 0.2) is 10.6 Å². The zero-order chi connectivity index (χ0) is 19.8. The first-order valence-electron chi connectivity index (χ1n) is 8.53. The fourth-order valence-electron chi connectivity index (χ4n) is 2.66. The zero-order valence-electron chi connectivity index (χ0n) is 15.3. The summed E-state index contributed by atoms with van der Waals surface area (Å²) in [6.45, 7) is 5.56. The van der Waals surface area contributed by atoms with Crippen LogP contribution in [0.4, 0.5) is 5.82 Å². The van der Waals surface area contributed by atoms with Gasteiger partial charge in [0.1, 0.15) is 17.6 Å². The summed E-state index contributed by atoms with van der Waals surface area (Å²) in [5, 5.41) is 14.4. The van der Waals surface area contributed by atoms with Crippen molar-refractivity contribution in [3.63, 3.8) is 0 Å². The number of pyridine rings is 1. The first kappa shape index (κ1) is 20.1. The Kier molecular flexibility index (Phi) is 5.81. The Morgan fingerprint density at radius 2 is 2.30 bits per heavy atom. The van der Waals surface area contributed by atoms with E-state index in [-0.39, 0.29) is 17.8 Å². The Labute approximate surface area is 170 Å². The second kappa shape index (κ2) is 7.79. The summed E-state index contributed by atoms with van der Waals surface area (Å²) in [6.07, 6.45) is 0.783. The van der Waals surface area contributed by atoms with Gasteiger partial charge in [-0.1, -0.05) is 24.6 Å². The molecule has 0 bridgehead atoms. The highest BCUT2D eigenvalue weighted by Gasteiger charge is 2.45. The second-order valence-electron chi connectivity index (χ2n) is 6.74. The number of hydrogen-bond donors (Lipinski definition) is 3. The molecule has 0 aliphatic carbocycles. The first-order valence-corrected chi connectivity index (χ1v) is 11.0. The minimum Gasteiger partial charge on any atom is -0.616 e. The molecule has 0 spiro atoms. The Balaban J connectivity index is 1.78. The normalized spacial score (nSPS) is 21.6. The summed E-state index contributed by atoms with van der Waals surface area (Å²) in [4.78, 5) is 18.1. The topological polar surface area (TPSA) is 101 Å². The third kappa shape index (κ3) is 4.13. The average molecular weight is 425 g/mol. The molecule has 2 aromatic rings. The smallest absolute Gasteiger partial charge is 0.266 e. The summed E-state index contributed by atoms with van der Waals surface area (Å²) in [5.74, 6) is 0.761. The molecule has 144 valence electrons. The minimum atomic E-state index is -1.21. The van der Waals surface area contributed by atoms with Crippen LogP contribution in [0.2, 0.25) is 5.02 Å². The van der Waals surface area contributed by atoms with Crippen molar-refractivity contribution >= 4 is 51.7 Å². The van der Waals surface area contributed by atoms with Gasteiger partial charge in [-0.25, -0.2) is 4.98 Å². The molecule has 1 saturated heterocycles. The van der Waals surface area contributed by atoms with E-state index in [2.05, 4.69) is 15.6 Å². The van der Waals surface area contributed by atoms with Crippen molar-refractivity contribution in [3.8, 4) is 0 Å². The van der Waals surface area contributed by atoms with Crippen LogP contribution >= 0.6 is 22.9 Å². The maximum atomic E-state index is 12.6. The molecular formula is C18H21ClN4O2S2. The van der Waals surface area contributed by atoms with Crippen molar-refractivity contribution in [1.29, 1.82) is 5.41 Å². The number of nitrogens with zero attached hydrogens (tertiary/aromatic N) is 1.